The van der Waals surface area contributed by atoms with Crippen LogP contribution in [0.25, 0.3) is 0 Å². The van der Waals surface area contributed by atoms with Gasteiger partial charge in [-0.15, -0.1) is 0 Å². The van der Waals surface area contributed by atoms with Gasteiger partial charge in [0, 0.05) is 32.6 Å². The van der Waals surface area contributed by atoms with E-state index in [1.165, 1.54) is 0 Å². The monoisotopic (exact) mass is 387 g/mol. The van der Waals surface area contributed by atoms with Crippen molar-refractivity contribution in [1.29, 1.82) is 0 Å². The van der Waals surface area contributed by atoms with Gasteiger partial charge in [0.05, 0.1) is 13.2 Å². The van der Waals surface area contributed by atoms with Crippen LogP contribution in [0.15, 0.2) is 30.3 Å². The maximum atomic E-state index is 12.6. The maximum absolute atomic E-state index is 12.6. The summed E-state index contributed by atoms with van der Waals surface area (Å²) in [5.41, 5.74) is 0. The molecule has 0 aliphatic carbocycles. The third kappa shape index (κ3) is 5.03. The number of amides is 3. The Balaban J connectivity index is 1.40. The number of carbonyl (C=O) groups is 3. The van der Waals surface area contributed by atoms with E-state index in [1.54, 1.807) is 16.7 Å². The van der Waals surface area contributed by atoms with Crippen LogP contribution in [0.3, 0.4) is 0 Å². The van der Waals surface area contributed by atoms with Crippen molar-refractivity contribution in [3.05, 3.63) is 30.3 Å². The molecule has 2 saturated heterocycles. The lowest BCUT2D eigenvalue weighted by Crippen LogP contribution is -2.59. The zero-order valence-corrected chi connectivity index (χ0v) is 16.5. The van der Waals surface area contributed by atoms with Gasteiger partial charge in [-0.2, -0.15) is 0 Å². The van der Waals surface area contributed by atoms with Crippen LogP contribution < -0.4 is 4.74 Å². The van der Waals surface area contributed by atoms with Gasteiger partial charge in [-0.05, 0) is 38.3 Å². The lowest BCUT2D eigenvalue weighted by atomic mass is 10.1. The van der Waals surface area contributed by atoms with Crippen LogP contribution in [0.1, 0.15) is 32.6 Å². The van der Waals surface area contributed by atoms with Gasteiger partial charge < -0.3 is 19.4 Å². The van der Waals surface area contributed by atoms with Crippen LogP contribution in [0.5, 0.6) is 5.75 Å². The van der Waals surface area contributed by atoms with Crippen molar-refractivity contribution < 1.29 is 19.1 Å². The van der Waals surface area contributed by atoms with Gasteiger partial charge in [0.2, 0.25) is 17.7 Å². The molecule has 28 heavy (non-hydrogen) atoms. The Morgan fingerprint density at radius 1 is 0.964 bits per heavy atom. The Bertz CT molecular complexity index is 694. The summed E-state index contributed by atoms with van der Waals surface area (Å²) in [5.74, 6) is 0.956. The minimum atomic E-state index is -0.452. The fraction of sp³-hybridized carbons (Fsp3) is 0.571. The van der Waals surface area contributed by atoms with E-state index in [-0.39, 0.29) is 24.3 Å². The SMILES string of the molecule is C[C@H]1C(=O)N(CCCN2CCCC2=O)CC(=O)N1CCCOc1ccccc1. The van der Waals surface area contributed by atoms with Gasteiger partial charge in [0.15, 0.2) is 0 Å². The van der Waals surface area contributed by atoms with Crippen LogP contribution in [0.2, 0.25) is 0 Å². The predicted octanol–water partition coefficient (Wildman–Crippen LogP) is 1.53. The summed E-state index contributed by atoms with van der Waals surface area (Å²) in [4.78, 5) is 42.0. The number of ether oxygens (including phenoxy) is 1. The molecule has 0 spiro atoms. The van der Waals surface area contributed by atoms with Crippen molar-refractivity contribution >= 4 is 17.7 Å². The molecular weight excluding hydrogens is 358 g/mol. The number of benzene rings is 1. The fourth-order valence-electron chi connectivity index (χ4n) is 3.79. The number of carbonyl (C=O) groups excluding carboxylic acids is 3. The molecule has 1 aromatic carbocycles. The largest absolute Gasteiger partial charge is 0.494 e. The van der Waals surface area contributed by atoms with Gasteiger partial charge in [-0.25, -0.2) is 0 Å². The maximum Gasteiger partial charge on any atom is 0.245 e. The molecule has 2 fully saturated rings. The normalized spacial score (nSPS) is 20.2. The summed E-state index contributed by atoms with van der Waals surface area (Å²) in [6, 6.07) is 9.10. The number of rotatable bonds is 9. The average molecular weight is 387 g/mol. The minimum absolute atomic E-state index is 0.0173. The molecule has 2 aliphatic heterocycles. The highest BCUT2D eigenvalue weighted by Gasteiger charge is 2.35. The second kappa shape index (κ2) is 9.57. The Hall–Kier alpha value is -2.57. The Morgan fingerprint density at radius 2 is 1.71 bits per heavy atom. The highest BCUT2D eigenvalue weighted by molar-refractivity contribution is 5.94. The summed E-state index contributed by atoms with van der Waals surface area (Å²) in [6.07, 6.45) is 2.93. The Labute approximate surface area is 166 Å². The van der Waals surface area contributed by atoms with Gasteiger partial charge in [0.1, 0.15) is 11.8 Å². The first kappa shape index (κ1) is 20.2. The van der Waals surface area contributed by atoms with E-state index in [1.807, 2.05) is 35.2 Å². The molecule has 1 atom stereocenters. The molecule has 0 aromatic heterocycles. The third-order valence-corrected chi connectivity index (χ3v) is 5.37. The number of piperazine rings is 1. The van der Waals surface area contributed by atoms with E-state index in [9.17, 15) is 14.4 Å². The van der Waals surface area contributed by atoms with Crippen molar-refractivity contribution in [2.75, 3.05) is 39.3 Å². The van der Waals surface area contributed by atoms with Crippen LogP contribution in [0, 0.1) is 0 Å². The molecule has 0 unspecified atom stereocenters. The molecule has 7 nitrogen and oxygen atoms in total. The first-order chi connectivity index (χ1) is 13.6. The second-order valence-corrected chi connectivity index (χ2v) is 7.38. The van der Waals surface area contributed by atoms with Crippen molar-refractivity contribution in [1.82, 2.24) is 14.7 Å². The lowest BCUT2D eigenvalue weighted by molar-refractivity contribution is -0.155. The minimum Gasteiger partial charge on any atom is -0.494 e. The van der Waals surface area contributed by atoms with Crippen molar-refractivity contribution in [3.63, 3.8) is 0 Å². The van der Waals surface area contributed by atoms with Crippen LogP contribution in [-0.4, -0.2) is 77.8 Å². The summed E-state index contributed by atoms with van der Waals surface area (Å²) < 4.78 is 5.66. The van der Waals surface area contributed by atoms with E-state index >= 15 is 0 Å². The highest BCUT2D eigenvalue weighted by Crippen LogP contribution is 2.15. The average Bonchev–Trinajstić information content (AvgIpc) is 3.10. The molecule has 2 aliphatic rings. The standard InChI is InChI=1S/C21H29N3O4/c1-17-21(27)23(13-6-12-22-11-5-10-19(22)25)16-20(26)24(17)14-7-15-28-18-8-3-2-4-9-18/h2-4,8-9,17H,5-7,10-16H2,1H3/t17-/m0/s1. The molecule has 2 heterocycles. The molecule has 0 saturated carbocycles. The molecule has 1 aromatic rings. The molecule has 3 rings (SSSR count). The molecule has 0 bridgehead atoms. The van der Waals surface area contributed by atoms with Gasteiger partial charge >= 0.3 is 0 Å². The van der Waals surface area contributed by atoms with Crippen LogP contribution >= 0.6 is 0 Å². The number of likely N-dealkylation sites (tertiary alicyclic amines) is 1. The van der Waals surface area contributed by atoms with Crippen LogP contribution in [0.4, 0.5) is 0 Å². The van der Waals surface area contributed by atoms with E-state index in [2.05, 4.69) is 0 Å². The molecule has 152 valence electrons. The second-order valence-electron chi connectivity index (χ2n) is 7.38. The van der Waals surface area contributed by atoms with E-state index < -0.39 is 6.04 Å². The van der Waals surface area contributed by atoms with Crippen molar-refractivity contribution in [2.45, 2.75) is 38.6 Å². The smallest absolute Gasteiger partial charge is 0.245 e. The Morgan fingerprint density at radius 3 is 2.43 bits per heavy atom. The van der Waals surface area contributed by atoms with E-state index in [4.69, 9.17) is 4.74 Å². The zero-order chi connectivity index (χ0) is 19.9. The fourth-order valence-corrected chi connectivity index (χ4v) is 3.79. The number of para-hydroxylation sites is 1. The zero-order valence-electron chi connectivity index (χ0n) is 16.5. The van der Waals surface area contributed by atoms with E-state index in [0.29, 0.717) is 45.5 Å². The first-order valence-electron chi connectivity index (χ1n) is 10.1. The van der Waals surface area contributed by atoms with Gasteiger partial charge in [-0.3, -0.25) is 14.4 Å². The topological polar surface area (TPSA) is 70.2 Å². The van der Waals surface area contributed by atoms with Gasteiger partial charge in [-0.1, -0.05) is 18.2 Å². The number of nitrogens with zero attached hydrogens (tertiary/aromatic N) is 3. The summed E-state index contributed by atoms with van der Waals surface area (Å²) >= 11 is 0. The molecule has 3 amide bonds. The quantitative estimate of drug-likeness (QED) is 0.603. The van der Waals surface area contributed by atoms with Crippen molar-refractivity contribution in [2.24, 2.45) is 0 Å². The molecular formula is C21H29N3O4. The number of hydrogen-bond donors (Lipinski definition) is 0. The first-order valence-corrected chi connectivity index (χ1v) is 10.1. The predicted molar refractivity (Wildman–Crippen MR) is 105 cm³/mol. The molecule has 7 heteroatoms. The Kier molecular flexibility index (Phi) is 6.90. The van der Waals surface area contributed by atoms with Gasteiger partial charge in [0.25, 0.3) is 0 Å². The third-order valence-electron chi connectivity index (χ3n) is 5.37. The molecule has 0 N–H and O–H groups in total. The van der Waals surface area contributed by atoms with Crippen LogP contribution in [-0.2, 0) is 14.4 Å². The summed E-state index contributed by atoms with van der Waals surface area (Å²) in [7, 11) is 0. The van der Waals surface area contributed by atoms with Crippen molar-refractivity contribution in [3.8, 4) is 5.75 Å². The lowest BCUT2D eigenvalue weighted by Gasteiger charge is -2.39. The summed E-state index contributed by atoms with van der Waals surface area (Å²) in [5, 5.41) is 0. The van der Waals surface area contributed by atoms with E-state index in [0.717, 1.165) is 18.7 Å². The number of hydrogen-bond acceptors (Lipinski definition) is 4. The highest BCUT2D eigenvalue weighted by atomic mass is 16.5. The summed E-state index contributed by atoms with van der Waals surface area (Å²) in [6.45, 7) is 4.90. The molecule has 0 radical (unpaired) electrons.